The van der Waals surface area contributed by atoms with Crippen LogP contribution in [0.4, 0.5) is 0 Å². The summed E-state index contributed by atoms with van der Waals surface area (Å²) < 4.78 is 12.8. The van der Waals surface area contributed by atoms with Crippen LogP contribution in [-0.4, -0.2) is 9.97 Å². The van der Waals surface area contributed by atoms with E-state index >= 15 is 0 Å². The molecule has 0 aliphatic heterocycles. The van der Waals surface area contributed by atoms with Crippen molar-refractivity contribution < 1.29 is 8.83 Å². The fourth-order valence-corrected chi connectivity index (χ4v) is 6.11. The summed E-state index contributed by atoms with van der Waals surface area (Å²) >= 11 is 0. The molecule has 0 saturated carbocycles. The summed E-state index contributed by atoms with van der Waals surface area (Å²) in [4.78, 5) is 10.2. The highest BCUT2D eigenvalue weighted by molar-refractivity contribution is 6.19. The van der Waals surface area contributed by atoms with Crippen molar-refractivity contribution in [3.05, 3.63) is 133 Å². The van der Waals surface area contributed by atoms with Gasteiger partial charge in [-0.2, -0.15) is 0 Å². The largest absolute Gasteiger partial charge is 0.455 e. The molecule has 3 aromatic heterocycles. The minimum absolute atomic E-state index is 0.647. The molecule has 0 saturated heterocycles. The number of rotatable bonds is 3. The minimum atomic E-state index is 0.647. The van der Waals surface area contributed by atoms with E-state index in [1.54, 1.807) is 0 Å². The van der Waals surface area contributed by atoms with Gasteiger partial charge in [0.1, 0.15) is 28.0 Å². The van der Waals surface area contributed by atoms with Crippen molar-refractivity contribution >= 4 is 54.8 Å². The fraction of sp³-hybridized carbons (Fsp3) is 0. The van der Waals surface area contributed by atoms with Crippen LogP contribution in [0.15, 0.2) is 142 Å². The molecule has 42 heavy (non-hydrogen) atoms. The Kier molecular flexibility index (Phi) is 4.87. The minimum Gasteiger partial charge on any atom is -0.455 e. The molecule has 0 aliphatic rings. The molecule has 0 aliphatic carbocycles. The van der Waals surface area contributed by atoms with Crippen molar-refractivity contribution in [2.24, 2.45) is 0 Å². The number of furan rings is 2. The van der Waals surface area contributed by atoms with E-state index in [9.17, 15) is 0 Å². The Morgan fingerprint density at radius 2 is 1.05 bits per heavy atom. The van der Waals surface area contributed by atoms with E-state index in [0.29, 0.717) is 11.4 Å². The second-order valence-corrected chi connectivity index (χ2v) is 10.6. The number of benzene rings is 6. The van der Waals surface area contributed by atoms with Gasteiger partial charge in [0, 0.05) is 32.7 Å². The third-order valence-electron chi connectivity index (χ3n) is 8.09. The normalized spacial score (nSPS) is 11.8. The molecule has 0 spiro atoms. The summed E-state index contributed by atoms with van der Waals surface area (Å²) in [5.74, 6) is 0.647. The van der Waals surface area contributed by atoms with Crippen LogP contribution in [0.3, 0.4) is 0 Å². The molecular formula is C38H22N2O2. The number of hydrogen-bond donors (Lipinski definition) is 0. The van der Waals surface area contributed by atoms with E-state index in [1.165, 1.54) is 16.5 Å². The maximum absolute atomic E-state index is 6.50. The number of aromatic nitrogens is 2. The molecule has 0 fully saturated rings. The van der Waals surface area contributed by atoms with Crippen LogP contribution in [0.25, 0.3) is 88.6 Å². The maximum Gasteiger partial charge on any atom is 0.180 e. The molecule has 0 radical (unpaired) electrons. The zero-order valence-corrected chi connectivity index (χ0v) is 22.4. The molecule has 4 nitrogen and oxygen atoms in total. The van der Waals surface area contributed by atoms with Gasteiger partial charge >= 0.3 is 0 Å². The first-order chi connectivity index (χ1) is 20.8. The zero-order valence-electron chi connectivity index (χ0n) is 22.4. The lowest BCUT2D eigenvalue weighted by atomic mass is 9.95. The Labute approximate surface area is 240 Å². The smallest absolute Gasteiger partial charge is 0.180 e. The molecule has 9 aromatic rings. The Bertz CT molecular complexity index is 2460. The standard InChI is InChI=1S/C38H22N2O2/c1-3-11-23(12-4-1)29-22-31-30-21-25(19-20-33(30)41-36(31)27-16-8-7-15-26(27)29)38-39-34(24-13-5-2-6-14-24)37-35(40-38)28-17-9-10-18-32(28)42-37/h1-22H. The monoisotopic (exact) mass is 538 g/mol. The summed E-state index contributed by atoms with van der Waals surface area (Å²) in [6.45, 7) is 0. The van der Waals surface area contributed by atoms with Crippen molar-refractivity contribution in [1.82, 2.24) is 9.97 Å². The van der Waals surface area contributed by atoms with Crippen molar-refractivity contribution in [1.29, 1.82) is 0 Å². The molecule has 4 heteroatoms. The number of fused-ring (bicyclic) bond motifs is 8. The highest BCUT2D eigenvalue weighted by atomic mass is 16.3. The first kappa shape index (κ1) is 23.0. The summed E-state index contributed by atoms with van der Waals surface area (Å²) in [7, 11) is 0. The second-order valence-electron chi connectivity index (χ2n) is 10.6. The van der Waals surface area contributed by atoms with Gasteiger partial charge in [-0.3, -0.25) is 0 Å². The molecule has 0 N–H and O–H groups in total. The van der Waals surface area contributed by atoms with E-state index in [0.717, 1.165) is 60.6 Å². The zero-order chi connectivity index (χ0) is 27.6. The lowest BCUT2D eigenvalue weighted by Crippen LogP contribution is -1.93. The first-order valence-electron chi connectivity index (χ1n) is 14.0. The lowest BCUT2D eigenvalue weighted by molar-refractivity contribution is 0.667. The van der Waals surface area contributed by atoms with Crippen LogP contribution < -0.4 is 0 Å². The van der Waals surface area contributed by atoms with Gasteiger partial charge in [0.2, 0.25) is 0 Å². The van der Waals surface area contributed by atoms with E-state index in [-0.39, 0.29) is 0 Å². The van der Waals surface area contributed by atoms with Gasteiger partial charge in [-0.05, 0) is 52.9 Å². The average molecular weight is 539 g/mol. The van der Waals surface area contributed by atoms with Crippen molar-refractivity contribution in [3.8, 4) is 33.8 Å². The van der Waals surface area contributed by atoms with Crippen LogP contribution in [0.2, 0.25) is 0 Å². The second kappa shape index (κ2) is 8.88. The Balaban J connectivity index is 1.33. The molecule has 196 valence electrons. The lowest BCUT2D eigenvalue weighted by Gasteiger charge is -2.08. The summed E-state index contributed by atoms with van der Waals surface area (Å²) in [6, 6.07) is 45.6. The molecular weight excluding hydrogens is 516 g/mol. The van der Waals surface area contributed by atoms with Gasteiger partial charge in [0.05, 0.1) is 0 Å². The SMILES string of the molecule is c1ccc(-c2cc3c4cc(-c5nc(-c6ccccc6)c6oc7ccccc7c6n5)ccc4oc3c3ccccc23)cc1. The van der Waals surface area contributed by atoms with Crippen LogP contribution in [0.5, 0.6) is 0 Å². The average Bonchev–Trinajstić information content (AvgIpc) is 3.63. The summed E-state index contributed by atoms with van der Waals surface area (Å²) in [6.07, 6.45) is 0. The van der Waals surface area contributed by atoms with Gasteiger partial charge in [-0.1, -0.05) is 97.1 Å². The van der Waals surface area contributed by atoms with E-state index in [2.05, 4.69) is 78.9 Å². The number of hydrogen-bond acceptors (Lipinski definition) is 4. The van der Waals surface area contributed by atoms with Crippen molar-refractivity contribution in [3.63, 3.8) is 0 Å². The molecule has 9 rings (SSSR count). The predicted molar refractivity (Wildman–Crippen MR) is 170 cm³/mol. The van der Waals surface area contributed by atoms with Crippen molar-refractivity contribution in [2.45, 2.75) is 0 Å². The first-order valence-corrected chi connectivity index (χ1v) is 14.0. The van der Waals surface area contributed by atoms with Crippen LogP contribution in [0.1, 0.15) is 0 Å². The number of para-hydroxylation sites is 1. The van der Waals surface area contributed by atoms with E-state index in [1.807, 2.05) is 54.6 Å². The topological polar surface area (TPSA) is 52.1 Å². The molecule has 0 atom stereocenters. The summed E-state index contributed by atoms with van der Waals surface area (Å²) in [5.41, 5.74) is 9.07. The quantitative estimate of drug-likeness (QED) is 0.224. The van der Waals surface area contributed by atoms with Crippen molar-refractivity contribution in [2.75, 3.05) is 0 Å². The van der Waals surface area contributed by atoms with E-state index in [4.69, 9.17) is 18.8 Å². The van der Waals surface area contributed by atoms with Gasteiger partial charge in [-0.25, -0.2) is 9.97 Å². The van der Waals surface area contributed by atoms with Gasteiger partial charge < -0.3 is 8.83 Å². The Morgan fingerprint density at radius 1 is 0.405 bits per heavy atom. The Morgan fingerprint density at radius 3 is 1.86 bits per heavy atom. The number of nitrogens with zero attached hydrogens (tertiary/aromatic N) is 2. The fourth-order valence-electron chi connectivity index (χ4n) is 6.11. The third kappa shape index (κ3) is 3.42. The van der Waals surface area contributed by atoms with E-state index < -0.39 is 0 Å². The van der Waals surface area contributed by atoms with Crippen LogP contribution in [0, 0.1) is 0 Å². The third-order valence-corrected chi connectivity index (χ3v) is 8.09. The van der Waals surface area contributed by atoms with Gasteiger partial charge in [0.25, 0.3) is 0 Å². The molecule has 6 aromatic carbocycles. The van der Waals surface area contributed by atoms with Crippen LogP contribution >= 0.6 is 0 Å². The highest BCUT2D eigenvalue weighted by Crippen LogP contribution is 2.41. The van der Waals surface area contributed by atoms with Gasteiger partial charge in [-0.15, -0.1) is 0 Å². The molecule has 0 bridgehead atoms. The maximum atomic E-state index is 6.50. The summed E-state index contributed by atoms with van der Waals surface area (Å²) in [5, 5.41) is 5.35. The predicted octanol–water partition coefficient (Wildman–Crippen LogP) is 10.4. The molecule has 0 unspecified atom stereocenters. The molecule has 0 amide bonds. The Hall–Kier alpha value is -5.74. The molecule has 3 heterocycles. The van der Waals surface area contributed by atoms with Gasteiger partial charge in [0.15, 0.2) is 11.4 Å². The van der Waals surface area contributed by atoms with Crippen LogP contribution in [-0.2, 0) is 0 Å². The highest BCUT2D eigenvalue weighted by Gasteiger charge is 2.20.